The number of aliphatic hydroxyl groups excluding tert-OH is 1. The molecule has 2 atom stereocenters. The Morgan fingerprint density at radius 1 is 0.578 bits per heavy atom. The van der Waals surface area contributed by atoms with Gasteiger partial charge in [0.15, 0.2) is 0 Å². The van der Waals surface area contributed by atoms with Crippen LogP contribution in [0.4, 0.5) is 0 Å². The first-order valence-corrected chi connectivity index (χ1v) is 19.1. The molecule has 0 aromatic rings. The Kier molecular flexibility index (Phi) is 33.9. The third kappa shape index (κ3) is 33.5. The lowest BCUT2D eigenvalue weighted by Gasteiger charge is -2.24. The lowest BCUT2D eigenvalue weighted by molar-refractivity contribution is -0.156. The van der Waals surface area contributed by atoms with Crippen molar-refractivity contribution in [2.75, 3.05) is 20.6 Å². The van der Waals surface area contributed by atoms with Crippen LogP contribution in [0.2, 0.25) is 0 Å². The lowest BCUT2D eigenvalue weighted by Crippen LogP contribution is -2.32. The number of ether oxygens (including phenoxy) is 1. The molecule has 4 heteroatoms. The quantitative estimate of drug-likeness (QED) is 0.0446. The summed E-state index contributed by atoms with van der Waals surface area (Å²) in [7, 11) is 3.93. The third-order valence-electron chi connectivity index (χ3n) is 8.36. The minimum Gasteiger partial charge on any atom is -0.460 e. The van der Waals surface area contributed by atoms with Crippen LogP contribution >= 0.6 is 0 Å². The fraction of sp³-hybridized carbons (Fsp3) is 0.780. The number of esters is 1. The Balaban J connectivity index is 4.13. The normalized spacial score (nSPS) is 13.7. The van der Waals surface area contributed by atoms with Gasteiger partial charge < -0.3 is 14.7 Å². The number of carbonyl (C=O) groups excluding carboxylic acids is 1. The molecule has 1 N–H and O–H groups in total. The zero-order valence-corrected chi connectivity index (χ0v) is 30.4. The topological polar surface area (TPSA) is 49.8 Å². The van der Waals surface area contributed by atoms with Crippen LogP contribution in [0.25, 0.3) is 0 Å². The number of carbonyl (C=O) groups is 1. The SMILES string of the molecule is CCCCC/C=C\C/C=C\CCCCCCCC(O)C(CCCCCCC/C=C\C/C=C\CCCCC)OC(=O)CCN(C)C. The summed E-state index contributed by atoms with van der Waals surface area (Å²) in [5, 5.41) is 10.9. The fourth-order valence-corrected chi connectivity index (χ4v) is 5.38. The molecule has 0 fully saturated rings. The molecule has 0 aromatic carbocycles. The van der Waals surface area contributed by atoms with Gasteiger partial charge in [0.25, 0.3) is 0 Å². The zero-order valence-electron chi connectivity index (χ0n) is 30.4. The second kappa shape index (κ2) is 35.2. The number of allylic oxidation sites excluding steroid dienone is 8. The van der Waals surface area contributed by atoms with Crippen molar-refractivity contribution in [3.8, 4) is 0 Å². The molecule has 0 aromatic heterocycles. The second-order valence-corrected chi connectivity index (χ2v) is 13.2. The molecule has 0 heterocycles. The zero-order chi connectivity index (χ0) is 33.1. The molecule has 262 valence electrons. The van der Waals surface area contributed by atoms with Gasteiger partial charge in [0.1, 0.15) is 6.10 Å². The standard InChI is InChI=1S/C41H75NO3/c1-5-7-9-11-13-15-17-19-21-23-25-27-29-31-33-35-39(43)40(45-41(44)37-38-42(3)4)36-34-32-30-28-26-24-22-20-18-16-14-12-10-8-6-2/h13-16,19-22,39-40,43H,5-12,17-18,23-38H2,1-4H3/b15-13-,16-14-,21-19-,22-20-. The predicted octanol–water partition coefficient (Wildman–Crippen LogP) is 11.8. The van der Waals surface area contributed by atoms with Crippen LogP contribution in [-0.4, -0.2) is 48.8 Å². The summed E-state index contributed by atoms with van der Waals surface area (Å²) in [6.45, 7) is 5.18. The van der Waals surface area contributed by atoms with Crippen molar-refractivity contribution in [1.29, 1.82) is 0 Å². The summed E-state index contributed by atoms with van der Waals surface area (Å²) in [4.78, 5) is 14.5. The van der Waals surface area contributed by atoms with Crippen LogP contribution < -0.4 is 0 Å². The molecular weight excluding hydrogens is 554 g/mol. The first-order chi connectivity index (χ1) is 22.0. The maximum atomic E-state index is 12.5. The average molecular weight is 630 g/mol. The van der Waals surface area contributed by atoms with Crippen LogP contribution in [-0.2, 0) is 9.53 Å². The second-order valence-electron chi connectivity index (χ2n) is 13.2. The van der Waals surface area contributed by atoms with E-state index in [9.17, 15) is 9.90 Å². The van der Waals surface area contributed by atoms with Crippen LogP contribution in [0.1, 0.15) is 174 Å². The van der Waals surface area contributed by atoms with E-state index in [0.717, 1.165) is 64.2 Å². The molecule has 0 saturated carbocycles. The van der Waals surface area contributed by atoms with Crippen molar-refractivity contribution in [3.63, 3.8) is 0 Å². The number of hydrogen-bond donors (Lipinski definition) is 1. The van der Waals surface area contributed by atoms with Crippen molar-refractivity contribution in [3.05, 3.63) is 48.6 Å². The summed E-state index contributed by atoms with van der Waals surface area (Å²) in [5.41, 5.74) is 0. The number of hydrogen-bond acceptors (Lipinski definition) is 4. The molecule has 45 heavy (non-hydrogen) atoms. The van der Waals surface area contributed by atoms with Gasteiger partial charge in [0.05, 0.1) is 12.5 Å². The van der Waals surface area contributed by atoms with Crippen molar-refractivity contribution in [2.24, 2.45) is 0 Å². The maximum absolute atomic E-state index is 12.5. The largest absolute Gasteiger partial charge is 0.460 e. The van der Waals surface area contributed by atoms with E-state index in [-0.39, 0.29) is 12.1 Å². The highest BCUT2D eigenvalue weighted by Crippen LogP contribution is 2.18. The van der Waals surface area contributed by atoms with Gasteiger partial charge in [-0.1, -0.05) is 133 Å². The average Bonchev–Trinajstić information content (AvgIpc) is 3.03. The van der Waals surface area contributed by atoms with Crippen molar-refractivity contribution < 1.29 is 14.6 Å². The Morgan fingerprint density at radius 3 is 1.42 bits per heavy atom. The molecule has 0 saturated heterocycles. The monoisotopic (exact) mass is 630 g/mol. The first kappa shape index (κ1) is 43.4. The molecule has 0 radical (unpaired) electrons. The summed E-state index contributed by atoms with van der Waals surface area (Å²) in [5.74, 6) is -0.185. The third-order valence-corrected chi connectivity index (χ3v) is 8.36. The smallest absolute Gasteiger partial charge is 0.307 e. The van der Waals surface area contributed by atoms with E-state index in [1.165, 1.54) is 89.9 Å². The van der Waals surface area contributed by atoms with Gasteiger partial charge in [-0.3, -0.25) is 4.79 Å². The molecular formula is C41H75NO3. The van der Waals surface area contributed by atoms with Crippen LogP contribution in [0, 0.1) is 0 Å². The highest BCUT2D eigenvalue weighted by atomic mass is 16.6. The van der Waals surface area contributed by atoms with Gasteiger partial charge in [-0.15, -0.1) is 0 Å². The van der Waals surface area contributed by atoms with E-state index in [2.05, 4.69) is 62.5 Å². The van der Waals surface area contributed by atoms with E-state index >= 15 is 0 Å². The molecule has 0 spiro atoms. The fourth-order valence-electron chi connectivity index (χ4n) is 5.38. The van der Waals surface area contributed by atoms with Gasteiger partial charge in [0, 0.05) is 6.54 Å². The van der Waals surface area contributed by atoms with Gasteiger partial charge in [-0.05, 0) is 97.6 Å². The van der Waals surface area contributed by atoms with E-state index in [1.807, 2.05) is 19.0 Å². The van der Waals surface area contributed by atoms with E-state index in [0.29, 0.717) is 13.0 Å². The van der Waals surface area contributed by atoms with E-state index in [4.69, 9.17) is 4.74 Å². The highest BCUT2D eigenvalue weighted by Gasteiger charge is 2.22. The summed E-state index contributed by atoms with van der Waals surface area (Å²) in [6.07, 6.45) is 45.7. The van der Waals surface area contributed by atoms with Gasteiger partial charge in [-0.25, -0.2) is 0 Å². The van der Waals surface area contributed by atoms with E-state index in [1.54, 1.807) is 0 Å². The molecule has 0 bridgehead atoms. The van der Waals surface area contributed by atoms with Gasteiger partial charge in [-0.2, -0.15) is 0 Å². The van der Waals surface area contributed by atoms with Crippen molar-refractivity contribution in [2.45, 2.75) is 187 Å². The molecule has 0 amide bonds. The lowest BCUT2D eigenvalue weighted by atomic mass is 9.99. The summed E-state index contributed by atoms with van der Waals surface area (Å²) in [6, 6.07) is 0. The Bertz CT molecular complexity index is 739. The van der Waals surface area contributed by atoms with Crippen LogP contribution in [0.15, 0.2) is 48.6 Å². The Labute approximate surface area is 280 Å². The number of rotatable bonds is 33. The summed E-state index contributed by atoms with van der Waals surface area (Å²) >= 11 is 0. The molecule has 0 rings (SSSR count). The number of nitrogens with zero attached hydrogens (tertiary/aromatic N) is 1. The molecule has 2 unspecified atom stereocenters. The van der Waals surface area contributed by atoms with Crippen molar-refractivity contribution >= 4 is 5.97 Å². The number of aliphatic hydroxyl groups is 1. The minimum absolute atomic E-state index is 0.185. The van der Waals surface area contributed by atoms with Gasteiger partial charge in [0.2, 0.25) is 0 Å². The minimum atomic E-state index is -0.558. The molecule has 0 aliphatic heterocycles. The first-order valence-electron chi connectivity index (χ1n) is 19.1. The Morgan fingerprint density at radius 2 is 0.978 bits per heavy atom. The van der Waals surface area contributed by atoms with Crippen molar-refractivity contribution in [1.82, 2.24) is 4.90 Å². The van der Waals surface area contributed by atoms with Crippen LogP contribution in [0.3, 0.4) is 0 Å². The van der Waals surface area contributed by atoms with Gasteiger partial charge >= 0.3 is 5.97 Å². The van der Waals surface area contributed by atoms with E-state index < -0.39 is 6.10 Å². The molecule has 0 aliphatic carbocycles. The molecule has 0 aliphatic rings. The highest BCUT2D eigenvalue weighted by molar-refractivity contribution is 5.69. The summed E-state index contributed by atoms with van der Waals surface area (Å²) < 4.78 is 5.81. The number of unbranched alkanes of at least 4 members (excludes halogenated alkanes) is 16. The predicted molar refractivity (Wildman–Crippen MR) is 198 cm³/mol. The molecule has 4 nitrogen and oxygen atoms in total. The maximum Gasteiger partial charge on any atom is 0.307 e. The Hall–Kier alpha value is -1.65. The van der Waals surface area contributed by atoms with Crippen LogP contribution in [0.5, 0.6) is 0 Å².